The highest BCUT2D eigenvalue weighted by Crippen LogP contribution is 2.22. The normalized spacial score (nSPS) is 15.3. The summed E-state index contributed by atoms with van der Waals surface area (Å²) in [6, 6.07) is 14.8. The molecule has 0 spiro atoms. The summed E-state index contributed by atoms with van der Waals surface area (Å²) >= 11 is 7.11. The number of hydrogen-bond donors (Lipinski definition) is 2. The van der Waals surface area contributed by atoms with Crippen molar-refractivity contribution >= 4 is 40.4 Å². The molecule has 1 atom stereocenters. The zero-order valence-corrected chi connectivity index (χ0v) is 18.4. The predicted molar refractivity (Wildman–Crippen MR) is 121 cm³/mol. The Bertz CT molecular complexity index is 1090. The van der Waals surface area contributed by atoms with Gasteiger partial charge in [0.15, 0.2) is 0 Å². The molecule has 0 radical (unpaired) electrons. The van der Waals surface area contributed by atoms with Crippen LogP contribution in [0.2, 0.25) is 4.34 Å². The maximum atomic E-state index is 12.1. The number of halogens is 1. The minimum absolute atomic E-state index is 0.171. The third kappa shape index (κ3) is 5.15. The molecule has 9 heteroatoms. The molecule has 31 heavy (non-hydrogen) atoms. The first-order valence-corrected chi connectivity index (χ1v) is 10.9. The van der Waals surface area contributed by atoms with Gasteiger partial charge in [0.05, 0.1) is 34.3 Å². The molecule has 0 fully saturated rings. The van der Waals surface area contributed by atoms with Crippen molar-refractivity contribution in [1.82, 2.24) is 10.2 Å². The van der Waals surface area contributed by atoms with Crippen molar-refractivity contribution in [3.05, 3.63) is 80.9 Å². The number of furan rings is 1. The molecular weight excluding hydrogens is 436 g/mol. The lowest BCUT2D eigenvalue weighted by Crippen LogP contribution is -2.31. The average Bonchev–Trinajstić information content (AvgIpc) is 3.54. The van der Waals surface area contributed by atoms with Crippen molar-refractivity contribution in [2.75, 3.05) is 13.6 Å². The first-order valence-electron chi connectivity index (χ1n) is 9.68. The summed E-state index contributed by atoms with van der Waals surface area (Å²) < 4.78 is 5.93. The van der Waals surface area contributed by atoms with Gasteiger partial charge >= 0.3 is 0 Å². The Morgan fingerprint density at radius 2 is 2.10 bits per heavy atom. The fourth-order valence-electron chi connectivity index (χ4n) is 3.19. The minimum atomic E-state index is -0.216. The molecule has 7 nitrogen and oxygen atoms in total. The molecule has 3 heterocycles. The summed E-state index contributed by atoms with van der Waals surface area (Å²) in [5.74, 6) is 1.04. The Morgan fingerprint density at radius 1 is 1.29 bits per heavy atom. The van der Waals surface area contributed by atoms with Crippen molar-refractivity contribution in [3.8, 4) is 0 Å². The largest absolute Gasteiger partial charge is 0.467 e. The van der Waals surface area contributed by atoms with Gasteiger partial charge in [-0.25, -0.2) is 0 Å². The average molecular weight is 457 g/mol. The van der Waals surface area contributed by atoms with Crippen LogP contribution < -0.4 is 5.32 Å². The van der Waals surface area contributed by atoms with Crippen LogP contribution in [0.15, 0.2) is 64.4 Å². The molecule has 1 aromatic carbocycles. The summed E-state index contributed by atoms with van der Waals surface area (Å²) in [5.41, 5.74) is 2.56. The second-order valence-corrected chi connectivity index (χ2v) is 8.86. The molecule has 1 amide bonds. The lowest BCUT2D eigenvalue weighted by Gasteiger charge is -2.19. The number of oxime groups is 1. The van der Waals surface area contributed by atoms with Gasteiger partial charge in [-0.3, -0.25) is 10.2 Å². The van der Waals surface area contributed by atoms with E-state index in [4.69, 9.17) is 26.3 Å². The molecule has 2 aromatic heterocycles. The topological polar surface area (TPSA) is 90.9 Å². The van der Waals surface area contributed by atoms with Crippen LogP contribution in [0.25, 0.3) is 0 Å². The summed E-state index contributed by atoms with van der Waals surface area (Å²) in [6.07, 6.45) is 2.01. The molecule has 0 saturated heterocycles. The van der Waals surface area contributed by atoms with Crippen LogP contribution in [0.5, 0.6) is 0 Å². The number of thiophene rings is 1. The Morgan fingerprint density at radius 3 is 2.77 bits per heavy atom. The Balaban J connectivity index is 1.29. The summed E-state index contributed by atoms with van der Waals surface area (Å²) in [4.78, 5) is 20.0. The van der Waals surface area contributed by atoms with Crippen LogP contribution in [0, 0.1) is 5.41 Å². The quantitative estimate of drug-likeness (QED) is 0.408. The molecule has 1 aliphatic heterocycles. The smallest absolute Gasteiger partial charge is 0.261 e. The van der Waals surface area contributed by atoms with Gasteiger partial charge in [-0.1, -0.05) is 41.0 Å². The highest BCUT2D eigenvalue weighted by Gasteiger charge is 2.23. The van der Waals surface area contributed by atoms with Crippen molar-refractivity contribution in [2.45, 2.75) is 19.1 Å². The van der Waals surface area contributed by atoms with E-state index in [1.165, 1.54) is 11.3 Å². The van der Waals surface area contributed by atoms with Gasteiger partial charge in [0, 0.05) is 19.0 Å². The molecule has 4 rings (SSSR count). The number of benzene rings is 1. The number of carbonyl (C=O) groups is 1. The molecule has 2 N–H and O–H groups in total. The van der Waals surface area contributed by atoms with Gasteiger partial charge in [0.1, 0.15) is 17.7 Å². The minimum Gasteiger partial charge on any atom is -0.467 e. The van der Waals surface area contributed by atoms with Crippen molar-refractivity contribution in [1.29, 1.82) is 5.41 Å². The van der Waals surface area contributed by atoms with Crippen LogP contribution >= 0.6 is 22.9 Å². The fourth-order valence-corrected chi connectivity index (χ4v) is 4.15. The first-order chi connectivity index (χ1) is 15.0. The van der Waals surface area contributed by atoms with Crippen LogP contribution in [0.4, 0.5) is 0 Å². The maximum Gasteiger partial charge on any atom is 0.261 e. The molecule has 1 aliphatic rings. The second-order valence-electron chi connectivity index (χ2n) is 7.14. The van der Waals surface area contributed by atoms with Crippen LogP contribution in [-0.2, 0) is 11.4 Å². The number of amidine groups is 1. The highest BCUT2D eigenvalue weighted by atomic mass is 35.5. The van der Waals surface area contributed by atoms with Crippen molar-refractivity contribution < 1.29 is 14.0 Å². The molecule has 160 valence electrons. The SMILES string of the molecule is CN(Cc1ccco1)C(=N)c1ccc(C2=NOC(CNC(=O)c3ccc(Cl)s3)C2)cc1. The molecular formula is C22H21ClN4O3S. The maximum absolute atomic E-state index is 12.1. The molecule has 0 aliphatic carbocycles. The molecule has 3 aromatic rings. The second kappa shape index (κ2) is 9.36. The summed E-state index contributed by atoms with van der Waals surface area (Å²) in [5, 5.41) is 15.4. The van der Waals surface area contributed by atoms with E-state index in [2.05, 4.69) is 10.5 Å². The van der Waals surface area contributed by atoms with E-state index in [1.54, 1.807) is 18.4 Å². The van der Waals surface area contributed by atoms with E-state index in [0.29, 0.717) is 34.6 Å². The number of amides is 1. The Kier molecular flexibility index (Phi) is 6.39. The first kappa shape index (κ1) is 21.1. The van der Waals surface area contributed by atoms with Gasteiger partial charge in [-0.2, -0.15) is 0 Å². The van der Waals surface area contributed by atoms with E-state index in [9.17, 15) is 4.79 Å². The van der Waals surface area contributed by atoms with Crippen LogP contribution in [0.3, 0.4) is 0 Å². The Hall–Kier alpha value is -3.10. The summed E-state index contributed by atoms with van der Waals surface area (Å²) in [6.45, 7) is 0.890. The van der Waals surface area contributed by atoms with Crippen molar-refractivity contribution in [2.24, 2.45) is 5.16 Å². The van der Waals surface area contributed by atoms with E-state index >= 15 is 0 Å². The molecule has 0 saturated carbocycles. The van der Waals surface area contributed by atoms with Gasteiger partial charge < -0.3 is 19.5 Å². The lowest BCUT2D eigenvalue weighted by molar-refractivity contribution is 0.0755. The highest BCUT2D eigenvalue weighted by molar-refractivity contribution is 7.18. The number of rotatable bonds is 7. The van der Waals surface area contributed by atoms with Gasteiger partial charge in [-0.15, -0.1) is 11.3 Å². The zero-order valence-electron chi connectivity index (χ0n) is 16.8. The number of hydrogen-bond acceptors (Lipinski definition) is 6. The van der Waals surface area contributed by atoms with E-state index in [0.717, 1.165) is 22.6 Å². The van der Waals surface area contributed by atoms with Gasteiger partial charge in [0.2, 0.25) is 0 Å². The third-order valence-corrected chi connectivity index (χ3v) is 6.10. The monoisotopic (exact) mass is 456 g/mol. The Labute approximate surface area is 188 Å². The van der Waals surface area contributed by atoms with E-state index in [1.807, 2.05) is 48.3 Å². The zero-order chi connectivity index (χ0) is 21.8. The standard InChI is InChI=1S/C22H21ClN4O3S/c1-27(13-16-3-2-10-29-16)21(24)15-6-4-14(5-7-15)18-11-17(30-26-18)12-25-22(28)19-8-9-20(23)31-19/h2-10,17,24H,11-13H2,1H3,(H,25,28). The molecule has 1 unspecified atom stereocenters. The molecule has 0 bridgehead atoms. The van der Waals surface area contributed by atoms with E-state index in [-0.39, 0.29) is 12.0 Å². The van der Waals surface area contributed by atoms with E-state index < -0.39 is 0 Å². The van der Waals surface area contributed by atoms with Crippen LogP contribution in [0.1, 0.15) is 33.0 Å². The van der Waals surface area contributed by atoms with Gasteiger partial charge in [-0.05, 0) is 29.8 Å². The number of nitrogens with one attached hydrogen (secondary N) is 2. The van der Waals surface area contributed by atoms with Crippen molar-refractivity contribution in [3.63, 3.8) is 0 Å². The number of nitrogens with zero attached hydrogens (tertiary/aromatic N) is 2. The predicted octanol–water partition coefficient (Wildman–Crippen LogP) is 4.37. The summed E-state index contributed by atoms with van der Waals surface area (Å²) in [7, 11) is 1.86. The third-order valence-electron chi connectivity index (χ3n) is 4.87. The van der Waals surface area contributed by atoms with Gasteiger partial charge in [0.25, 0.3) is 5.91 Å². The fraction of sp³-hybridized carbons (Fsp3) is 0.227. The lowest BCUT2D eigenvalue weighted by atomic mass is 10.0. The van der Waals surface area contributed by atoms with Crippen LogP contribution in [-0.4, -0.2) is 42.1 Å². The number of carbonyl (C=O) groups excluding carboxylic acids is 1.